The first-order chi connectivity index (χ1) is 8.65. The van der Waals surface area contributed by atoms with Gasteiger partial charge >= 0.3 is 0 Å². The van der Waals surface area contributed by atoms with E-state index in [-0.39, 0.29) is 6.04 Å². The fourth-order valence-corrected chi connectivity index (χ4v) is 2.23. The van der Waals surface area contributed by atoms with E-state index in [0.29, 0.717) is 0 Å². The topological polar surface area (TPSA) is 57.0 Å². The molecule has 0 saturated carbocycles. The van der Waals surface area contributed by atoms with Crippen molar-refractivity contribution in [1.82, 2.24) is 9.78 Å². The highest BCUT2D eigenvalue weighted by Gasteiger charge is 2.18. The van der Waals surface area contributed by atoms with Crippen LogP contribution in [0.1, 0.15) is 23.1 Å². The van der Waals surface area contributed by atoms with Gasteiger partial charge in [-0.3, -0.25) is 4.68 Å². The maximum atomic E-state index is 6.25. The first-order valence-corrected chi connectivity index (χ1v) is 5.89. The lowest BCUT2D eigenvalue weighted by molar-refractivity contribution is 0.524. The number of aromatic nitrogens is 2. The van der Waals surface area contributed by atoms with Crippen LogP contribution in [-0.2, 0) is 7.05 Å². The molecule has 4 nitrogen and oxygen atoms in total. The predicted octanol–water partition coefficient (Wildman–Crippen LogP) is 2.52. The Morgan fingerprint density at radius 2 is 2.11 bits per heavy atom. The number of para-hydroxylation sites is 1. The van der Waals surface area contributed by atoms with Crippen LogP contribution in [0.4, 0.5) is 0 Å². The van der Waals surface area contributed by atoms with Crippen molar-refractivity contribution in [3.8, 4) is 0 Å². The molecule has 0 aliphatic carbocycles. The number of benzene rings is 1. The standard InChI is InChI=1S/C14H15N3O/c1-9-11(8-17(2)16-9)14(15)13-7-10-5-3-4-6-12(10)18-13/h3-8,14H,15H2,1-2H3. The lowest BCUT2D eigenvalue weighted by Gasteiger charge is -2.06. The van der Waals surface area contributed by atoms with Crippen LogP contribution < -0.4 is 5.73 Å². The maximum absolute atomic E-state index is 6.25. The van der Waals surface area contributed by atoms with Gasteiger partial charge in [-0.2, -0.15) is 5.10 Å². The van der Waals surface area contributed by atoms with Crippen molar-refractivity contribution in [2.75, 3.05) is 0 Å². The molecule has 1 atom stereocenters. The molecule has 4 heteroatoms. The molecule has 0 amide bonds. The monoisotopic (exact) mass is 241 g/mol. The van der Waals surface area contributed by atoms with E-state index in [1.54, 1.807) is 4.68 Å². The van der Waals surface area contributed by atoms with Crippen molar-refractivity contribution in [3.63, 3.8) is 0 Å². The van der Waals surface area contributed by atoms with Crippen LogP contribution in [0.15, 0.2) is 40.9 Å². The van der Waals surface area contributed by atoms with Gasteiger partial charge in [0.2, 0.25) is 0 Å². The maximum Gasteiger partial charge on any atom is 0.134 e. The summed E-state index contributed by atoms with van der Waals surface area (Å²) in [5, 5.41) is 5.38. The Morgan fingerprint density at radius 3 is 2.78 bits per heavy atom. The quantitative estimate of drug-likeness (QED) is 0.750. The van der Waals surface area contributed by atoms with E-state index in [0.717, 1.165) is 28.0 Å². The average molecular weight is 241 g/mol. The molecule has 0 radical (unpaired) electrons. The molecule has 0 spiro atoms. The number of fused-ring (bicyclic) bond motifs is 1. The van der Waals surface area contributed by atoms with Crippen LogP contribution >= 0.6 is 0 Å². The summed E-state index contributed by atoms with van der Waals surface area (Å²) in [7, 11) is 1.89. The van der Waals surface area contributed by atoms with Gasteiger partial charge in [-0.25, -0.2) is 0 Å². The van der Waals surface area contributed by atoms with E-state index in [4.69, 9.17) is 10.2 Å². The summed E-state index contributed by atoms with van der Waals surface area (Å²) in [5.41, 5.74) is 9.04. The third-order valence-corrected chi connectivity index (χ3v) is 3.14. The van der Waals surface area contributed by atoms with Gasteiger partial charge in [0.1, 0.15) is 11.3 Å². The molecular formula is C14H15N3O. The van der Waals surface area contributed by atoms with Gasteiger partial charge in [0.15, 0.2) is 0 Å². The van der Waals surface area contributed by atoms with Crippen LogP contribution in [0.3, 0.4) is 0 Å². The highest BCUT2D eigenvalue weighted by Crippen LogP contribution is 2.27. The zero-order chi connectivity index (χ0) is 12.7. The molecule has 1 aromatic carbocycles. The van der Waals surface area contributed by atoms with Gasteiger partial charge in [0.25, 0.3) is 0 Å². The number of nitrogens with two attached hydrogens (primary N) is 1. The zero-order valence-electron chi connectivity index (χ0n) is 10.4. The van der Waals surface area contributed by atoms with Crippen molar-refractivity contribution in [3.05, 3.63) is 53.5 Å². The number of furan rings is 1. The predicted molar refractivity (Wildman–Crippen MR) is 70.2 cm³/mol. The van der Waals surface area contributed by atoms with E-state index in [1.165, 1.54) is 0 Å². The number of hydrogen-bond acceptors (Lipinski definition) is 3. The number of hydrogen-bond donors (Lipinski definition) is 1. The number of rotatable bonds is 2. The Bertz CT molecular complexity index is 663. The lowest BCUT2D eigenvalue weighted by atomic mass is 10.1. The third kappa shape index (κ3) is 1.71. The lowest BCUT2D eigenvalue weighted by Crippen LogP contribution is -2.11. The van der Waals surface area contributed by atoms with Crippen molar-refractivity contribution in [1.29, 1.82) is 0 Å². The van der Waals surface area contributed by atoms with Crippen LogP contribution in [-0.4, -0.2) is 9.78 Å². The van der Waals surface area contributed by atoms with Crippen LogP contribution in [0.25, 0.3) is 11.0 Å². The fourth-order valence-electron chi connectivity index (χ4n) is 2.23. The Labute approximate surface area is 105 Å². The average Bonchev–Trinajstić information content (AvgIpc) is 2.91. The Balaban J connectivity index is 2.06. The molecule has 0 saturated heterocycles. The normalized spacial score (nSPS) is 13.1. The SMILES string of the molecule is Cc1nn(C)cc1C(N)c1cc2ccccc2o1. The minimum atomic E-state index is -0.272. The second-order valence-electron chi connectivity index (χ2n) is 4.51. The number of nitrogens with zero attached hydrogens (tertiary/aromatic N) is 2. The second kappa shape index (κ2) is 3.99. The van der Waals surface area contributed by atoms with Gasteiger partial charge in [-0.1, -0.05) is 18.2 Å². The minimum absolute atomic E-state index is 0.272. The summed E-state index contributed by atoms with van der Waals surface area (Å²) in [4.78, 5) is 0. The van der Waals surface area contributed by atoms with Crippen LogP contribution in [0.5, 0.6) is 0 Å². The largest absolute Gasteiger partial charge is 0.459 e. The third-order valence-electron chi connectivity index (χ3n) is 3.14. The molecule has 2 N–H and O–H groups in total. The molecule has 3 rings (SSSR count). The summed E-state index contributed by atoms with van der Waals surface area (Å²) >= 11 is 0. The Hall–Kier alpha value is -2.07. The first kappa shape index (κ1) is 11.0. The summed E-state index contributed by atoms with van der Waals surface area (Å²) in [6.45, 7) is 1.96. The molecule has 0 fully saturated rings. The summed E-state index contributed by atoms with van der Waals surface area (Å²) in [6.07, 6.45) is 1.94. The van der Waals surface area contributed by atoms with Gasteiger partial charge in [-0.15, -0.1) is 0 Å². The van der Waals surface area contributed by atoms with E-state index >= 15 is 0 Å². The fraction of sp³-hybridized carbons (Fsp3) is 0.214. The molecule has 0 bridgehead atoms. The molecule has 3 aromatic rings. The number of aryl methyl sites for hydroxylation is 2. The van der Waals surface area contributed by atoms with Gasteiger partial charge in [-0.05, 0) is 19.1 Å². The van der Waals surface area contributed by atoms with E-state index in [1.807, 2.05) is 50.5 Å². The minimum Gasteiger partial charge on any atom is -0.459 e. The molecule has 0 aliphatic heterocycles. The molecule has 92 valence electrons. The summed E-state index contributed by atoms with van der Waals surface area (Å²) in [5.74, 6) is 0.771. The Morgan fingerprint density at radius 1 is 1.33 bits per heavy atom. The van der Waals surface area contributed by atoms with Gasteiger partial charge in [0, 0.05) is 24.2 Å². The summed E-state index contributed by atoms with van der Waals surface area (Å²) in [6, 6.07) is 9.63. The van der Waals surface area contributed by atoms with Crippen molar-refractivity contribution in [2.45, 2.75) is 13.0 Å². The van der Waals surface area contributed by atoms with Crippen molar-refractivity contribution in [2.24, 2.45) is 12.8 Å². The smallest absolute Gasteiger partial charge is 0.134 e. The molecule has 2 heterocycles. The molecule has 2 aromatic heterocycles. The van der Waals surface area contributed by atoms with Gasteiger partial charge in [0.05, 0.1) is 11.7 Å². The summed E-state index contributed by atoms with van der Waals surface area (Å²) < 4.78 is 7.56. The molecular weight excluding hydrogens is 226 g/mol. The molecule has 0 aliphatic rings. The molecule has 1 unspecified atom stereocenters. The van der Waals surface area contributed by atoms with Crippen LogP contribution in [0, 0.1) is 6.92 Å². The van der Waals surface area contributed by atoms with E-state index in [2.05, 4.69) is 5.10 Å². The van der Waals surface area contributed by atoms with Crippen molar-refractivity contribution < 1.29 is 4.42 Å². The first-order valence-electron chi connectivity index (χ1n) is 5.89. The second-order valence-corrected chi connectivity index (χ2v) is 4.51. The Kier molecular flexibility index (Phi) is 2.45. The van der Waals surface area contributed by atoms with Crippen LogP contribution in [0.2, 0.25) is 0 Å². The van der Waals surface area contributed by atoms with Crippen molar-refractivity contribution >= 4 is 11.0 Å². The highest BCUT2D eigenvalue weighted by molar-refractivity contribution is 5.77. The highest BCUT2D eigenvalue weighted by atomic mass is 16.3. The molecule has 18 heavy (non-hydrogen) atoms. The zero-order valence-corrected chi connectivity index (χ0v) is 10.4. The van der Waals surface area contributed by atoms with Gasteiger partial charge < -0.3 is 10.2 Å². The van der Waals surface area contributed by atoms with E-state index in [9.17, 15) is 0 Å². The van der Waals surface area contributed by atoms with E-state index < -0.39 is 0 Å².